The molecule has 0 fully saturated rings. The topological polar surface area (TPSA) is 108 Å². The van der Waals surface area contributed by atoms with Crippen LogP contribution in [0, 0.1) is 11.3 Å². The van der Waals surface area contributed by atoms with Gasteiger partial charge in [0.2, 0.25) is 0 Å². The van der Waals surface area contributed by atoms with Crippen LogP contribution in [0.1, 0.15) is 42.4 Å². The number of methoxy groups -OCH3 is 1. The van der Waals surface area contributed by atoms with E-state index in [1.807, 2.05) is 19.9 Å². The van der Waals surface area contributed by atoms with Crippen LogP contribution in [0.25, 0.3) is 0 Å². The van der Waals surface area contributed by atoms with Crippen molar-refractivity contribution in [1.29, 1.82) is 5.26 Å². The lowest BCUT2D eigenvalue weighted by Crippen LogP contribution is -2.35. The largest absolute Gasteiger partial charge is 0.395 e. The molecule has 0 radical (unpaired) electrons. The summed E-state index contributed by atoms with van der Waals surface area (Å²) in [7, 11) is 1.56. The number of aromatic nitrogens is 2. The average molecular weight is 279 g/mol. The Morgan fingerprint density at radius 3 is 2.75 bits per heavy atom. The van der Waals surface area contributed by atoms with Gasteiger partial charge in [0.05, 0.1) is 30.5 Å². The first kappa shape index (κ1) is 16.0. The van der Waals surface area contributed by atoms with Crippen LogP contribution in [-0.4, -0.2) is 47.8 Å². The number of anilines is 1. The average Bonchev–Trinajstić information content (AvgIpc) is 2.80. The lowest BCUT2D eigenvalue weighted by Gasteiger charge is -2.20. The summed E-state index contributed by atoms with van der Waals surface area (Å²) in [5.41, 5.74) is 7.30. The Morgan fingerprint density at radius 2 is 2.25 bits per heavy atom. The van der Waals surface area contributed by atoms with E-state index in [0.717, 1.165) is 5.69 Å². The van der Waals surface area contributed by atoms with E-state index in [1.165, 1.54) is 4.90 Å². The van der Waals surface area contributed by atoms with Crippen LogP contribution < -0.4 is 5.73 Å². The second kappa shape index (κ2) is 7.50. The van der Waals surface area contributed by atoms with E-state index in [-0.39, 0.29) is 23.9 Å². The van der Waals surface area contributed by atoms with Crippen molar-refractivity contribution in [1.82, 2.24) is 15.1 Å². The summed E-state index contributed by atoms with van der Waals surface area (Å²) in [6, 6.07) is 2.02. The molecule has 20 heavy (non-hydrogen) atoms. The molecular weight excluding hydrogens is 258 g/mol. The van der Waals surface area contributed by atoms with Gasteiger partial charge in [-0.1, -0.05) is 13.8 Å². The Morgan fingerprint density at radius 1 is 1.55 bits per heavy atom. The fourth-order valence-corrected chi connectivity index (χ4v) is 1.82. The summed E-state index contributed by atoms with van der Waals surface area (Å²) in [4.78, 5) is 13.9. The number of carbonyl (C=O) groups is 1. The number of carbonyl (C=O) groups excluding carboxylic acids is 1. The summed E-state index contributed by atoms with van der Waals surface area (Å²) >= 11 is 0. The maximum absolute atomic E-state index is 12.4. The number of aromatic amines is 1. The van der Waals surface area contributed by atoms with E-state index in [0.29, 0.717) is 25.4 Å². The minimum absolute atomic E-state index is 0.163. The number of H-pyrrole nitrogens is 1. The zero-order valence-electron chi connectivity index (χ0n) is 12.1. The second-order valence-corrected chi connectivity index (χ2v) is 4.75. The predicted octanol–water partition coefficient (Wildman–Crippen LogP) is 1.12. The van der Waals surface area contributed by atoms with Gasteiger partial charge in [0.15, 0.2) is 5.69 Å². The molecule has 0 aromatic carbocycles. The van der Waals surface area contributed by atoms with Gasteiger partial charge in [-0.25, -0.2) is 0 Å². The van der Waals surface area contributed by atoms with Crippen molar-refractivity contribution in [3.63, 3.8) is 0 Å². The molecule has 1 heterocycles. The van der Waals surface area contributed by atoms with Crippen molar-refractivity contribution in [2.45, 2.75) is 26.2 Å². The molecule has 3 N–H and O–H groups in total. The molecule has 0 atom stereocenters. The highest BCUT2D eigenvalue weighted by Gasteiger charge is 2.23. The van der Waals surface area contributed by atoms with E-state index < -0.39 is 0 Å². The van der Waals surface area contributed by atoms with Crippen LogP contribution in [0.3, 0.4) is 0 Å². The molecule has 1 aromatic heterocycles. The summed E-state index contributed by atoms with van der Waals surface area (Å²) in [5.74, 6) is -0.117. The number of nitrogens with zero attached hydrogens (tertiary/aromatic N) is 3. The molecular formula is C13H21N5O2. The Labute approximate surface area is 118 Å². The monoisotopic (exact) mass is 279 g/mol. The third-order valence-electron chi connectivity index (χ3n) is 2.96. The first-order chi connectivity index (χ1) is 9.52. The van der Waals surface area contributed by atoms with Gasteiger partial charge in [0.25, 0.3) is 5.91 Å². The van der Waals surface area contributed by atoms with E-state index in [4.69, 9.17) is 15.7 Å². The number of nitrogen functional groups attached to an aromatic ring is 1. The van der Waals surface area contributed by atoms with Gasteiger partial charge < -0.3 is 15.4 Å². The molecule has 0 aliphatic rings. The lowest BCUT2D eigenvalue weighted by molar-refractivity contribution is 0.0695. The van der Waals surface area contributed by atoms with Crippen LogP contribution in [0.2, 0.25) is 0 Å². The number of ether oxygens (including phenoxy) is 1. The highest BCUT2D eigenvalue weighted by Crippen LogP contribution is 2.23. The number of hydrogen-bond acceptors (Lipinski definition) is 5. The smallest absolute Gasteiger partial charge is 0.276 e. The zero-order valence-corrected chi connectivity index (χ0v) is 12.1. The molecule has 1 amide bonds. The number of nitriles is 1. The Bertz CT molecular complexity index is 489. The van der Waals surface area contributed by atoms with Crippen molar-refractivity contribution in [3.8, 4) is 6.07 Å². The summed E-state index contributed by atoms with van der Waals surface area (Å²) < 4.78 is 4.98. The quantitative estimate of drug-likeness (QED) is 0.777. The number of hydrogen-bond donors (Lipinski definition) is 2. The van der Waals surface area contributed by atoms with Crippen molar-refractivity contribution in [2.24, 2.45) is 0 Å². The Kier molecular flexibility index (Phi) is 6.00. The van der Waals surface area contributed by atoms with Crippen LogP contribution in [0.4, 0.5) is 5.69 Å². The maximum atomic E-state index is 12.4. The molecule has 0 spiro atoms. The van der Waals surface area contributed by atoms with Crippen molar-refractivity contribution >= 4 is 11.6 Å². The number of nitrogens with one attached hydrogen (secondary N) is 1. The molecule has 1 aromatic rings. The third kappa shape index (κ3) is 3.71. The molecule has 7 heteroatoms. The van der Waals surface area contributed by atoms with E-state index in [2.05, 4.69) is 10.2 Å². The van der Waals surface area contributed by atoms with E-state index >= 15 is 0 Å². The number of nitrogens with two attached hydrogens (primary N) is 1. The first-order valence-corrected chi connectivity index (χ1v) is 6.51. The van der Waals surface area contributed by atoms with Gasteiger partial charge in [-0.2, -0.15) is 10.4 Å². The summed E-state index contributed by atoms with van der Waals surface area (Å²) in [6.07, 6.45) is 0.261. The van der Waals surface area contributed by atoms with Gasteiger partial charge >= 0.3 is 0 Å². The molecule has 0 saturated heterocycles. The van der Waals surface area contributed by atoms with Crippen molar-refractivity contribution in [3.05, 3.63) is 11.4 Å². The van der Waals surface area contributed by atoms with E-state index in [9.17, 15) is 4.79 Å². The Balaban J connectivity index is 2.91. The fourth-order valence-electron chi connectivity index (χ4n) is 1.82. The number of rotatable bonds is 7. The van der Waals surface area contributed by atoms with Crippen LogP contribution in [0.5, 0.6) is 0 Å². The minimum Gasteiger partial charge on any atom is -0.395 e. The predicted molar refractivity (Wildman–Crippen MR) is 75.1 cm³/mol. The van der Waals surface area contributed by atoms with Crippen LogP contribution in [0.15, 0.2) is 0 Å². The van der Waals surface area contributed by atoms with Crippen molar-refractivity contribution < 1.29 is 9.53 Å². The highest BCUT2D eigenvalue weighted by atomic mass is 16.5. The molecule has 0 aliphatic heterocycles. The van der Waals surface area contributed by atoms with E-state index in [1.54, 1.807) is 7.11 Å². The van der Waals surface area contributed by atoms with Gasteiger partial charge in [0, 0.05) is 20.2 Å². The fraction of sp³-hybridized carbons (Fsp3) is 0.615. The summed E-state index contributed by atoms with van der Waals surface area (Å²) in [5, 5.41) is 15.5. The van der Waals surface area contributed by atoms with Gasteiger partial charge in [-0.3, -0.25) is 9.89 Å². The molecule has 110 valence electrons. The van der Waals surface area contributed by atoms with Crippen LogP contribution in [-0.2, 0) is 4.74 Å². The normalized spacial score (nSPS) is 10.6. The standard InChI is InChI=1S/C13H21N5O2/c1-9(2)11-10(15)12(17-16-11)13(19)18(6-4-5-14)7-8-20-3/h9H,4,6-8,15H2,1-3H3,(H,16,17). The van der Waals surface area contributed by atoms with Crippen LogP contribution >= 0.6 is 0 Å². The minimum atomic E-state index is -0.280. The first-order valence-electron chi connectivity index (χ1n) is 6.51. The molecule has 0 saturated carbocycles. The number of amides is 1. The second-order valence-electron chi connectivity index (χ2n) is 4.75. The molecule has 1 rings (SSSR count). The van der Waals surface area contributed by atoms with Gasteiger partial charge in [-0.15, -0.1) is 0 Å². The highest BCUT2D eigenvalue weighted by molar-refractivity contribution is 5.97. The molecule has 0 unspecified atom stereocenters. The lowest BCUT2D eigenvalue weighted by atomic mass is 10.1. The Hall–Kier alpha value is -2.07. The summed E-state index contributed by atoms with van der Waals surface area (Å²) in [6.45, 7) is 5.08. The molecule has 0 aliphatic carbocycles. The maximum Gasteiger partial charge on any atom is 0.276 e. The zero-order chi connectivity index (χ0) is 15.1. The van der Waals surface area contributed by atoms with Gasteiger partial charge in [-0.05, 0) is 5.92 Å². The van der Waals surface area contributed by atoms with Crippen molar-refractivity contribution in [2.75, 3.05) is 32.5 Å². The SMILES string of the molecule is COCCN(CCC#N)C(=O)c1n[nH]c(C(C)C)c1N. The molecule has 0 bridgehead atoms. The molecule has 7 nitrogen and oxygen atoms in total. The third-order valence-corrected chi connectivity index (χ3v) is 2.96. The van der Waals surface area contributed by atoms with Gasteiger partial charge in [0.1, 0.15) is 0 Å².